The summed E-state index contributed by atoms with van der Waals surface area (Å²) in [4.78, 5) is 5.38. The number of halogens is 3. The van der Waals surface area contributed by atoms with E-state index in [2.05, 4.69) is 4.98 Å². The molecule has 17 heavy (non-hydrogen) atoms. The van der Waals surface area contributed by atoms with Gasteiger partial charge in [-0.1, -0.05) is 0 Å². The van der Waals surface area contributed by atoms with Gasteiger partial charge in [-0.05, 0) is 0 Å². The average Bonchev–Trinajstić information content (AvgIpc) is 2.68. The summed E-state index contributed by atoms with van der Waals surface area (Å²) in [6.07, 6.45) is 0. The van der Waals surface area contributed by atoms with Crippen molar-refractivity contribution in [3.63, 3.8) is 0 Å². The normalized spacial score (nSPS) is 10.6. The van der Waals surface area contributed by atoms with Crippen molar-refractivity contribution in [1.82, 2.24) is 4.98 Å². The molecule has 0 saturated carbocycles. The fraction of sp³-hybridized carbons (Fsp3) is 0.182. The van der Waals surface area contributed by atoms with E-state index in [4.69, 9.17) is 0 Å². The minimum Gasteiger partial charge on any atom is -0.364 e. The van der Waals surface area contributed by atoms with Crippen molar-refractivity contribution in [1.29, 1.82) is 0 Å². The number of hydrogen-bond acceptors (Lipinski definition) is 3. The van der Waals surface area contributed by atoms with E-state index in [1.165, 1.54) is 23.3 Å². The summed E-state index contributed by atoms with van der Waals surface area (Å²) in [5.41, 5.74) is 2.10. The first-order chi connectivity index (χ1) is 8.08. The van der Waals surface area contributed by atoms with Crippen LogP contribution in [0.1, 0.15) is 5.69 Å². The minimum absolute atomic E-state index is 0.251. The number of aromatic nitrogens is 1. The highest BCUT2D eigenvalue weighted by Crippen LogP contribution is 2.24. The van der Waals surface area contributed by atoms with Crippen LogP contribution in [0.15, 0.2) is 23.0 Å². The Bertz CT molecular complexity index is 490. The molecule has 1 heterocycles. The first-order valence-corrected chi connectivity index (χ1v) is 5.75. The molecule has 0 aliphatic heterocycles. The first-order valence-electron chi connectivity index (χ1n) is 4.80. The molecular formula is C11H9F3N2S. The molecule has 0 amide bonds. The van der Waals surface area contributed by atoms with Gasteiger partial charge in [0, 0.05) is 24.6 Å². The molecule has 0 unspecified atom stereocenters. The summed E-state index contributed by atoms with van der Waals surface area (Å²) in [6.45, 7) is 0.267. The number of nitrogens with zero attached hydrogens (tertiary/aromatic N) is 2. The largest absolute Gasteiger partial charge is 0.364 e. The molecule has 6 heteroatoms. The Hall–Kier alpha value is -1.56. The summed E-state index contributed by atoms with van der Waals surface area (Å²) < 4.78 is 39.6. The molecule has 0 radical (unpaired) electrons. The van der Waals surface area contributed by atoms with E-state index in [9.17, 15) is 13.2 Å². The van der Waals surface area contributed by atoms with Crippen LogP contribution < -0.4 is 4.90 Å². The third-order valence-electron chi connectivity index (χ3n) is 2.25. The lowest BCUT2D eigenvalue weighted by Gasteiger charge is -2.19. The van der Waals surface area contributed by atoms with Gasteiger partial charge in [0.1, 0.15) is 11.5 Å². The van der Waals surface area contributed by atoms with Crippen LogP contribution in [-0.4, -0.2) is 12.0 Å². The molecule has 1 aromatic carbocycles. The van der Waals surface area contributed by atoms with Gasteiger partial charge in [-0.2, -0.15) is 0 Å². The molecule has 2 aromatic rings. The Labute approximate surface area is 100 Å². The SMILES string of the molecule is CN(Cc1cscn1)c1c(F)cc(F)cc1F. The molecule has 0 aliphatic carbocycles. The Morgan fingerprint density at radius 2 is 1.88 bits per heavy atom. The molecule has 0 bridgehead atoms. The van der Waals surface area contributed by atoms with Crippen LogP contribution in [-0.2, 0) is 6.54 Å². The zero-order valence-electron chi connectivity index (χ0n) is 8.95. The van der Waals surface area contributed by atoms with E-state index >= 15 is 0 Å². The maximum atomic E-state index is 13.5. The summed E-state index contributed by atoms with van der Waals surface area (Å²) in [6, 6.07) is 1.33. The topological polar surface area (TPSA) is 16.1 Å². The van der Waals surface area contributed by atoms with Gasteiger partial charge in [0.25, 0.3) is 0 Å². The lowest BCUT2D eigenvalue weighted by Crippen LogP contribution is -2.19. The smallest absolute Gasteiger partial charge is 0.152 e. The fourth-order valence-corrected chi connectivity index (χ4v) is 2.09. The molecule has 2 rings (SSSR count). The van der Waals surface area contributed by atoms with Gasteiger partial charge in [0.15, 0.2) is 11.6 Å². The Morgan fingerprint density at radius 1 is 1.24 bits per heavy atom. The van der Waals surface area contributed by atoms with Gasteiger partial charge < -0.3 is 4.90 Å². The molecule has 0 saturated heterocycles. The highest BCUT2D eigenvalue weighted by molar-refractivity contribution is 7.07. The number of thiazole rings is 1. The molecule has 1 aromatic heterocycles. The highest BCUT2D eigenvalue weighted by Gasteiger charge is 2.16. The van der Waals surface area contributed by atoms with Gasteiger partial charge in [0.2, 0.25) is 0 Å². The summed E-state index contributed by atoms with van der Waals surface area (Å²) in [5, 5.41) is 1.79. The lowest BCUT2D eigenvalue weighted by atomic mass is 10.2. The monoisotopic (exact) mass is 258 g/mol. The van der Waals surface area contributed by atoms with Crippen LogP contribution in [0.4, 0.5) is 18.9 Å². The van der Waals surface area contributed by atoms with Crippen molar-refractivity contribution >= 4 is 17.0 Å². The van der Waals surface area contributed by atoms with Crippen molar-refractivity contribution in [3.8, 4) is 0 Å². The van der Waals surface area contributed by atoms with Crippen molar-refractivity contribution in [3.05, 3.63) is 46.2 Å². The number of anilines is 1. The molecular weight excluding hydrogens is 249 g/mol. The second-order valence-electron chi connectivity index (χ2n) is 3.55. The standard InChI is InChI=1S/C11H9F3N2S/c1-16(4-8-5-17-6-15-8)11-9(13)2-7(12)3-10(11)14/h2-3,5-6H,4H2,1H3. The maximum Gasteiger partial charge on any atom is 0.152 e. The van der Waals surface area contributed by atoms with Crippen molar-refractivity contribution < 1.29 is 13.2 Å². The average molecular weight is 258 g/mol. The molecule has 0 fully saturated rings. The number of benzene rings is 1. The van der Waals surface area contributed by atoms with Crippen molar-refractivity contribution in [2.24, 2.45) is 0 Å². The van der Waals surface area contributed by atoms with E-state index in [-0.39, 0.29) is 12.2 Å². The van der Waals surface area contributed by atoms with Gasteiger partial charge in [0.05, 0.1) is 17.7 Å². The highest BCUT2D eigenvalue weighted by atomic mass is 32.1. The van der Waals surface area contributed by atoms with Crippen LogP contribution in [0.25, 0.3) is 0 Å². The second kappa shape index (κ2) is 4.75. The van der Waals surface area contributed by atoms with Crippen LogP contribution in [0.2, 0.25) is 0 Å². The van der Waals surface area contributed by atoms with Crippen LogP contribution in [0.5, 0.6) is 0 Å². The summed E-state index contributed by atoms with van der Waals surface area (Å²) >= 11 is 1.40. The van der Waals surface area contributed by atoms with Gasteiger partial charge in [-0.3, -0.25) is 0 Å². The summed E-state index contributed by atoms with van der Waals surface area (Å²) in [7, 11) is 1.53. The number of rotatable bonds is 3. The number of hydrogen-bond donors (Lipinski definition) is 0. The van der Waals surface area contributed by atoms with Gasteiger partial charge in [-0.25, -0.2) is 18.2 Å². The molecule has 0 N–H and O–H groups in total. The predicted molar refractivity (Wildman–Crippen MR) is 60.5 cm³/mol. The fourth-order valence-electron chi connectivity index (χ4n) is 1.54. The van der Waals surface area contributed by atoms with E-state index in [1.807, 2.05) is 0 Å². The van der Waals surface area contributed by atoms with Gasteiger partial charge in [-0.15, -0.1) is 11.3 Å². The lowest BCUT2D eigenvalue weighted by molar-refractivity contribution is 0.539. The zero-order chi connectivity index (χ0) is 12.4. The quantitative estimate of drug-likeness (QED) is 0.840. The van der Waals surface area contributed by atoms with Crippen LogP contribution in [0.3, 0.4) is 0 Å². The molecule has 0 atom stereocenters. The van der Waals surface area contributed by atoms with Crippen LogP contribution >= 0.6 is 11.3 Å². The van der Waals surface area contributed by atoms with Crippen LogP contribution in [0, 0.1) is 17.5 Å². The maximum absolute atomic E-state index is 13.5. The molecule has 90 valence electrons. The Kier molecular flexibility index (Phi) is 3.33. The molecule has 0 aliphatic rings. The zero-order valence-corrected chi connectivity index (χ0v) is 9.77. The Morgan fingerprint density at radius 3 is 2.41 bits per heavy atom. The first kappa shape index (κ1) is 11.9. The molecule has 0 spiro atoms. The minimum atomic E-state index is -0.925. The van der Waals surface area contributed by atoms with Crippen molar-refractivity contribution in [2.45, 2.75) is 6.54 Å². The van der Waals surface area contributed by atoms with E-state index < -0.39 is 17.5 Å². The van der Waals surface area contributed by atoms with E-state index in [0.29, 0.717) is 17.8 Å². The second-order valence-corrected chi connectivity index (χ2v) is 4.27. The molecule has 2 nitrogen and oxygen atoms in total. The summed E-state index contributed by atoms with van der Waals surface area (Å²) in [5.74, 6) is -2.76. The third kappa shape index (κ3) is 2.58. The third-order valence-corrected chi connectivity index (χ3v) is 2.88. The van der Waals surface area contributed by atoms with E-state index in [1.54, 1.807) is 10.9 Å². The van der Waals surface area contributed by atoms with Gasteiger partial charge >= 0.3 is 0 Å². The van der Waals surface area contributed by atoms with E-state index in [0.717, 1.165) is 0 Å². The van der Waals surface area contributed by atoms with Crippen molar-refractivity contribution in [2.75, 3.05) is 11.9 Å². The Balaban J connectivity index is 2.27. The predicted octanol–water partition coefficient (Wildman–Crippen LogP) is 3.20.